The summed E-state index contributed by atoms with van der Waals surface area (Å²) in [6.07, 6.45) is 1.66. The van der Waals surface area contributed by atoms with Gasteiger partial charge in [-0.25, -0.2) is 0 Å². The molecule has 10 nitrogen and oxygen atoms in total. The van der Waals surface area contributed by atoms with Crippen LogP contribution in [0.25, 0.3) is 34.0 Å². The molecule has 240 valence electrons. The van der Waals surface area contributed by atoms with Crippen molar-refractivity contribution >= 4 is 23.5 Å². The molecule has 2 amide bonds. The van der Waals surface area contributed by atoms with Crippen LogP contribution in [-0.4, -0.2) is 44.5 Å². The van der Waals surface area contributed by atoms with Crippen molar-refractivity contribution in [2.24, 2.45) is 0 Å². The number of nitrogens with zero attached hydrogens (tertiary/aromatic N) is 3. The fourth-order valence-electron chi connectivity index (χ4n) is 5.18. The van der Waals surface area contributed by atoms with E-state index in [9.17, 15) is 19.5 Å². The van der Waals surface area contributed by atoms with Crippen molar-refractivity contribution in [2.45, 2.75) is 26.8 Å². The first-order valence-corrected chi connectivity index (χ1v) is 15.3. The van der Waals surface area contributed by atoms with Gasteiger partial charge in [-0.3, -0.25) is 14.4 Å². The molecule has 0 aliphatic rings. The average Bonchev–Trinajstić information content (AvgIpc) is 3.74. The molecule has 48 heavy (non-hydrogen) atoms. The van der Waals surface area contributed by atoms with Crippen molar-refractivity contribution in [1.29, 1.82) is 0 Å². The van der Waals surface area contributed by atoms with Gasteiger partial charge in [0, 0.05) is 28.9 Å². The van der Waals surface area contributed by atoms with Crippen LogP contribution in [0.15, 0.2) is 118 Å². The first-order chi connectivity index (χ1) is 23.2. The van der Waals surface area contributed by atoms with Gasteiger partial charge in [0.25, 0.3) is 11.8 Å². The van der Waals surface area contributed by atoms with Crippen molar-refractivity contribution in [3.05, 3.63) is 137 Å². The van der Waals surface area contributed by atoms with Gasteiger partial charge in [0.15, 0.2) is 0 Å². The normalized spacial score (nSPS) is 10.9. The summed E-state index contributed by atoms with van der Waals surface area (Å²) < 4.78 is 10.9. The van der Waals surface area contributed by atoms with Gasteiger partial charge < -0.3 is 24.3 Å². The highest BCUT2D eigenvalue weighted by atomic mass is 16.5. The molecule has 2 aromatic heterocycles. The molecule has 0 aliphatic heterocycles. The number of anilines is 1. The highest BCUT2D eigenvalue weighted by Crippen LogP contribution is 2.26. The number of aryl methyl sites for hydroxylation is 2. The number of carbonyl (C=O) groups is 3. The molecule has 0 bridgehead atoms. The van der Waals surface area contributed by atoms with E-state index in [-0.39, 0.29) is 18.9 Å². The Labute approximate surface area is 276 Å². The fraction of sp³-hybridized carbons (Fsp3) is 0.132. The van der Waals surface area contributed by atoms with Crippen LogP contribution in [0, 0.1) is 13.8 Å². The molecular weight excluding hydrogens is 608 g/mol. The quantitative estimate of drug-likeness (QED) is 0.152. The van der Waals surface area contributed by atoms with Gasteiger partial charge in [0.2, 0.25) is 11.7 Å². The first-order valence-electron chi connectivity index (χ1n) is 15.3. The van der Waals surface area contributed by atoms with Gasteiger partial charge >= 0.3 is 5.97 Å². The molecule has 2 N–H and O–H groups in total. The molecule has 0 fully saturated rings. The third kappa shape index (κ3) is 7.73. The summed E-state index contributed by atoms with van der Waals surface area (Å²) >= 11 is 0. The molecular formula is C38H32N4O6. The smallest absolute Gasteiger partial charge is 0.323 e. The maximum absolute atomic E-state index is 13.3. The number of amides is 2. The van der Waals surface area contributed by atoms with E-state index in [1.54, 1.807) is 60.9 Å². The summed E-state index contributed by atoms with van der Waals surface area (Å²) in [4.78, 5) is 43.1. The summed E-state index contributed by atoms with van der Waals surface area (Å²) in [5.41, 5.74) is 7.36. The molecule has 0 radical (unpaired) electrons. The summed E-state index contributed by atoms with van der Waals surface area (Å²) in [6, 6.07) is 31.5. The van der Waals surface area contributed by atoms with Crippen molar-refractivity contribution in [1.82, 2.24) is 15.0 Å². The Morgan fingerprint density at radius 3 is 2.02 bits per heavy atom. The van der Waals surface area contributed by atoms with Gasteiger partial charge in [0.1, 0.15) is 12.3 Å². The van der Waals surface area contributed by atoms with Crippen LogP contribution in [0.4, 0.5) is 5.69 Å². The maximum Gasteiger partial charge on any atom is 0.323 e. The molecule has 0 unspecified atom stereocenters. The number of carboxylic acids is 1. The van der Waals surface area contributed by atoms with E-state index in [0.717, 1.165) is 27.8 Å². The molecule has 2 heterocycles. The monoisotopic (exact) mass is 640 g/mol. The Hall–Kier alpha value is -6.29. The Morgan fingerprint density at radius 1 is 0.771 bits per heavy atom. The van der Waals surface area contributed by atoms with Crippen LogP contribution >= 0.6 is 0 Å². The third-order valence-electron chi connectivity index (χ3n) is 7.68. The standard InChI is InChI=1S/C38H32N4O6/c1-24-3-7-27(8-4-24)28-11-13-30(14-12-28)37-40-36(41-48-37)29-9-5-26(6-10-29)21-42(22-35(44)45)38(46)31-15-17-32(18-16-31)39-34(43)20-33-19-25(2)23-47-33/h3-19,23H,20-22H2,1-2H3,(H,39,43)(H,44,45). The minimum atomic E-state index is -1.14. The number of furan rings is 1. The van der Waals surface area contributed by atoms with Crippen molar-refractivity contribution < 1.29 is 28.4 Å². The SMILES string of the molecule is Cc1ccc(-c2ccc(-c3nc(-c4ccc(CN(CC(=O)O)C(=O)c5ccc(NC(=O)Cc6cc(C)co6)cc5)cc4)no3)cc2)cc1. The average molecular weight is 641 g/mol. The third-order valence-corrected chi connectivity index (χ3v) is 7.68. The van der Waals surface area contributed by atoms with Crippen molar-refractivity contribution in [2.75, 3.05) is 11.9 Å². The van der Waals surface area contributed by atoms with E-state index >= 15 is 0 Å². The molecule has 0 aliphatic carbocycles. The molecule has 6 aromatic rings. The lowest BCUT2D eigenvalue weighted by Crippen LogP contribution is -2.35. The Bertz CT molecular complexity index is 2040. The maximum atomic E-state index is 13.3. The predicted molar refractivity (Wildman–Crippen MR) is 180 cm³/mol. The molecule has 0 spiro atoms. The van der Waals surface area contributed by atoms with Gasteiger partial charge in [-0.1, -0.05) is 71.4 Å². The van der Waals surface area contributed by atoms with Crippen LogP contribution in [-0.2, 0) is 22.6 Å². The Kier molecular flexibility index (Phi) is 9.24. The van der Waals surface area contributed by atoms with Gasteiger partial charge in [0.05, 0.1) is 12.7 Å². The molecule has 4 aromatic carbocycles. The van der Waals surface area contributed by atoms with Crippen LogP contribution in [0.1, 0.15) is 32.8 Å². The van der Waals surface area contributed by atoms with E-state index in [4.69, 9.17) is 8.94 Å². The van der Waals surface area contributed by atoms with E-state index in [0.29, 0.717) is 34.3 Å². The summed E-state index contributed by atoms with van der Waals surface area (Å²) in [5, 5.41) is 16.4. The lowest BCUT2D eigenvalue weighted by Gasteiger charge is -2.21. The number of aromatic nitrogens is 2. The molecule has 0 saturated heterocycles. The number of nitrogens with one attached hydrogen (secondary N) is 1. The Balaban J connectivity index is 1.09. The zero-order valence-corrected chi connectivity index (χ0v) is 26.3. The number of hydrogen-bond acceptors (Lipinski definition) is 7. The number of hydrogen-bond donors (Lipinski definition) is 2. The molecule has 0 saturated carbocycles. The zero-order valence-electron chi connectivity index (χ0n) is 26.3. The Morgan fingerprint density at radius 2 is 1.40 bits per heavy atom. The molecule has 0 atom stereocenters. The van der Waals surface area contributed by atoms with E-state index < -0.39 is 18.4 Å². The van der Waals surface area contributed by atoms with Crippen molar-refractivity contribution in [3.8, 4) is 34.0 Å². The highest BCUT2D eigenvalue weighted by molar-refractivity contribution is 5.97. The van der Waals surface area contributed by atoms with E-state index in [1.165, 1.54) is 10.5 Å². The van der Waals surface area contributed by atoms with Crippen LogP contribution in [0.5, 0.6) is 0 Å². The second-order valence-corrected chi connectivity index (χ2v) is 11.5. The van der Waals surface area contributed by atoms with Gasteiger partial charge in [-0.2, -0.15) is 4.98 Å². The topological polar surface area (TPSA) is 139 Å². The fourth-order valence-corrected chi connectivity index (χ4v) is 5.18. The number of carboxylic acid groups (broad SMARTS) is 1. The van der Waals surface area contributed by atoms with E-state index in [2.05, 4.69) is 46.6 Å². The van der Waals surface area contributed by atoms with Crippen molar-refractivity contribution in [3.63, 3.8) is 0 Å². The number of benzene rings is 4. The highest BCUT2D eigenvalue weighted by Gasteiger charge is 2.20. The lowest BCUT2D eigenvalue weighted by atomic mass is 10.0. The second kappa shape index (κ2) is 14.0. The molecule has 6 rings (SSSR count). The first kappa shape index (κ1) is 31.7. The van der Waals surface area contributed by atoms with Crippen LogP contribution in [0.2, 0.25) is 0 Å². The second-order valence-electron chi connectivity index (χ2n) is 11.5. The van der Waals surface area contributed by atoms with Crippen LogP contribution in [0.3, 0.4) is 0 Å². The summed E-state index contributed by atoms with van der Waals surface area (Å²) in [5.74, 6) is -0.505. The predicted octanol–water partition coefficient (Wildman–Crippen LogP) is 7.19. The number of carbonyl (C=O) groups excluding carboxylic acids is 2. The largest absolute Gasteiger partial charge is 0.480 e. The number of aliphatic carboxylic acids is 1. The van der Waals surface area contributed by atoms with Crippen LogP contribution < -0.4 is 5.32 Å². The van der Waals surface area contributed by atoms with Gasteiger partial charge in [-0.05, 0) is 78.6 Å². The summed E-state index contributed by atoms with van der Waals surface area (Å²) in [7, 11) is 0. The minimum Gasteiger partial charge on any atom is -0.480 e. The minimum absolute atomic E-state index is 0.0668. The summed E-state index contributed by atoms with van der Waals surface area (Å²) in [6.45, 7) is 3.51. The number of rotatable bonds is 11. The van der Waals surface area contributed by atoms with Gasteiger partial charge in [-0.15, -0.1) is 0 Å². The lowest BCUT2D eigenvalue weighted by molar-refractivity contribution is -0.137. The van der Waals surface area contributed by atoms with E-state index in [1.807, 2.05) is 31.2 Å². The molecule has 10 heteroatoms. The zero-order chi connectivity index (χ0) is 33.6.